The molecule has 11 heteroatoms. The molecule has 0 unspecified atom stereocenters. The fourth-order valence-electron chi connectivity index (χ4n) is 3.70. The summed E-state index contributed by atoms with van der Waals surface area (Å²) in [6.07, 6.45) is -1.05. The topological polar surface area (TPSA) is 54.0 Å². The number of rotatable bonds is 7. The minimum Gasteiger partial charge on any atom is -0.423 e. The molecule has 196 valence electrons. The molecule has 0 spiro atoms. The SMILES string of the molecule is CCOCC1COC(c2cc(F)c(C(=O)Oc3ccc(-c4cc(F)c(F)c(F)c4)c(F)c3)c(F)c2)OC1. The lowest BCUT2D eigenvalue weighted by Gasteiger charge is -2.29. The van der Waals surface area contributed by atoms with E-state index in [2.05, 4.69) is 0 Å². The molecule has 3 aromatic rings. The quantitative estimate of drug-likeness (QED) is 0.161. The van der Waals surface area contributed by atoms with Gasteiger partial charge >= 0.3 is 5.97 Å². The van der Waals surface area contributed by atoms with Gasteiger partial charge in [-0.3, -0.25) is 0 Å². The van der Waals surface area contributed by atoms with Crippen LogP contribution in [0.3, 0.4) is 0 Å². The van der Waals surface area contributed by atoms with E-state index in [1.807, 2.05) is 6.92 Å². The summed E-state index contributed by atoms with van der Waals surface area (Å²) in [5.41, 5.74) is -1.65. The Labute approximate surface area is 207 Å². The van der Waals surface area contributed by atoms with Gasteiger partial charge in [-0.05, 0) is 48.9 Å². The van der Waals surface area contributed by atoms with Crippen LogP contribution in [0.25, 0.3) is 11.1 Å². The van der Waals surface area contributed by atoms with E-state index in [-0.39, 0.29) is 35.8 Å². The molecule has 0 N–H and O–H groups in total. The van der Waals surface area contributed by atoms with Crippen LogP contribution in [0, 0.1) is 40.8 Å². The highest BCUT2D eigenvalue weighted by molar-refractivity contribution is 5.91. The van der Waals surface area contributed by atoms with Crippen molar-refractivity contribution in [1.82, 2.24) is 0 Å². The first kappa shape index (κ1) is 26.6. The van der Waals surface area contributed by atoms with Gasteiger partial charge in [-0.2, -0.15) is 0 Å². The van der Waals surface area contributed by atoms with Gasteiger partial charge in [0.25, 0.3) is 0 Å². The molecule has 0 amide bonds. The monoisotopic (exact) mass is 526 g/mol. The van der Waals surface area contributed by atoms with Crippen molar-refractivity contribution in [2.24, 2.45) is 5.92 Å². The lowest BCUT2D eigenvalue weighted by atomic mass is 10.0. The number of esters is 1. The van der Waals surface area contributed by atoms with E-state index in [0.717, 1.165) is 24.3 Å². The molecular formula is C26H20F6O5. The highest BCUT2D eigenvalue weighted by Crippen LogP contribution is 2.31. The third-order valence-corrected chi connectivity index (χ3v) is 5.51. The lowest BCUT2D eigenvalue weighted by Crippen LogP contribution is -2.30. The number of ether oxygens (including phenoxy) is 4. The molecule has 1 aliphatic rings. The van der Waals surface area contributed by atoms with Crippen molar-refractivity contribution < 1.29 is 50.1 Å². The highest BCUT2D eigenvalue weighted by atomic mass is 19.2. The molecule has 1 saturated heterocycles. The third kappa shape index (κ3) is 5.95. The van der Waals surface area contributed by atoms with Crippen LogP contribution >= 0.6 is 0 Å². The molecule has 0 bridgehead atoms. The van der Waals surface area contributed by atoms with Gasteiger partial charge in [-0.1, -0.05) is 0 Å². The Morgan fingerprint density at radius 3 is 2.05 bits per heavy atom. The number of hydrogen-bond acceptors (Lipinski definition) is 5. The Morgan fingerprint density at radius 2 is 1.49 bits per heavy atom. The molecule has 0 saturated carbocycles. The van der Waals surface area contributed by atoms with Crippen molar-refractivity contribution in [2.75, 3.05) is 26.4 Å². The summed E-state index contributed by atoms with van der Waals surface area (Å²) in [7, 11) is 0. The molecule has 5 nitrogen and oxygen atoms in total. The fraction of sp³-hybridized carbons (Fsp3) is 0.269. The largest absolute Gasteiger partial charge is 0.423 e. The van der Waals surface area contributed by atoms with E-state index in [4.69, 9.17) is 18.9 Å². The molecule has 1 aliphatic heterocycles. The summed E-state index contributed by atoms with van der Waals surface area (Å²) in [6.45, 7) is 3.28. The molecule has 0 radical (unpaired) electrons. The second kappa shape index (κ2) is 11.3. The van der Waals surface area contributed by atoms with Crippen molar-refractivity contribution >= 4 is 5.97 Å². The maximum absolute atomic E-state index is 14.7. The smallest absolute Gasteiger partial charge is 0.349 e. The second-order valence-electron chi connectivity index (χ2n) is 8.17. The Balaban J connectivity index is 1.47. The first-order valence-corrected chi connectivity index (χ1v) is 11.1. The number of carbonyl (C=O) groups excluding carboxylic acids is 1. The van der Waals surface area contributed by atoms with Crippen LogP contribution in [-0.2, 0) is 14.2 Å². The predicted molar refractivity (Wildman–Crippen MR) is 118 cm³/mol. The Morgan fingerprint density at radius 1 is 0.865 bits per heavy atom. The summed E-state index contributed by atoms with van der Waals surface area (Å²) in [4.78, 5) is 12.4. The molecule has 3 aromatic carbocycles. The van der Waals surface area contributed by atoms with Gasteiger partial charge in [-0.25, -0.2) is 31.1 Å². The van der Waals surface area contributed by atoms with Crippen LogP contribution in [-0.4, -0.2) is 32.4 Å². The Bertz CT molecular complexity index is 1260. The van der Waals surface area contributed by atoms with Gasteiger partial charge in [0.2, 0.25) is 0 Å². The summed E-state index contributed by atoms with van der Waals surface area (Å²) < 4.78 is 105. The minimum absolute atomic E-state index is 0.00979. The number of carbonyl (C=O) groups is 1. The van der Waals surface area contributed by atoms with E-state index in [1.165, 1.54) is 0 Å². The maximum atomic E-state index is 14.7. The highest BCUT2D eigenvalue weighted by Gasteiger charge is 2.28. The standard InChI is InChI=1S/C26H20F6O5/c1-2-34-10-13-11-35-26(36-12-13)15-7-19(28)23(20(29)8-15)25(33)37-16-3-4-17(18(27)9-16)14-5-21(30)24(32)22(31)6-14/h3-9,13,26H,2,10-12H2,1H3. The van der Waals surface area contributed by atoms with E-state index < -0.39 is 58.5 Å². The van der Waals surface area contributed by atoms with Gasteiger partial charge in [-0.15, -0.1) is 0 Å². The first-order valence-electron chi connectivity index (χ1n) is 11.1. The fourth-order valence-corrected chi connectivity index (χ4v) is 3.70. The van der Waals surface area contributed by atoms with Crippen molar-refractivity contribution in [1.29, 1.82) is 0 Å². The zero-order valence-electron chi connectivity index (χ0n) is 19.3. The molecule has 37 heavy (non-hydrogen) atoms. The lowest BCUT2D eigenvalue weighted by molar-refractivity contribution is -0.212. The summed E-state index contributed by atoms with van der Waals surface area (Å²) >= 11 is 0. The van der Waals surface area contributed by atoms with Crippen molar-refractivity contribution in [2.45, 2.75) is 13.2 Å². The van der Waals surface area contributed by atoms with Gasteiger partial charge in [0.05, 0.1) is 19.8 Å². The Hall–Kier alpha value is -3.41. The Kier molecular flexibility index (Phi) is 8.16. The number of hydrogen-bond donors (Lipinski definition) is 0. The summed E-state index contributed by atoms with van der Waals surface area (Å²) in [5.74, 6) is -10.3. The van der Waals surface area contributed by atoms with Crippen LogP contribution in [0.15, 0.2) is 42.5 Å². The van der Waals surface area contributed by atoms with Gasteiger partial charge in [0.15, 0.2) is 23.7 Å². The van der Waals surface area contributed by atoms with E-state index in [9.17, 15) is 31.1 Å². The van der Waals surface area contributed by atoms with Crippen molar-refractivity contribution in [3.8, 4) is 16.9 Å². The van der Waals surface area contributed by atoms with Crippen LogP contribution in [0.4, 0.5) is 26.3 Å². The number of halogens is 6. The van der Waals surface area contributed by atoms with Gasteiger partial charge in [0, 0.05) is 29.7 Å². The predicted octanol–water partition coefficient (Wildman–Crippen LogP) is 6.11. The average molecular weight is 526 g/mol. The summed E-state index contributed by atoms with van der Waals surface area (Å²) in [6, 6.07) is 5.65. The molecule has 0 aromatic heterocycles. The molecule has 0 aliphatic carbocycles. The van der Waals surface area contributed by atoms with Crippen LogP contribution < -0.4 is 4.74 Å². The maximum Gasteiger partial charge on any atom is 0.349 e. The molecule has 1 heterocycles. The molecule has 1 fully saturated rings. The van der Waals surface area contributed by atoms with Crippen molar-refractivity contribution in [3.63, 3.8) is 0 Å². The van der Waals surface area contributed by atoms with Crippen LogP contribution in [0.1, 0.15) is 29.1 Å². The van der Waals surface area contributed by atoms with Gasteiger partial charge < -0.3 is 18.9 Å². The second-order valence-corrected chi connectivity index (χ2v) is 8.17. The molecular weight excluding hydrogens is 506 g/mol. The van der Waals surface area contributed by atoms with E-state index in [1.54, 1.807) is 0 Å². The van der Waals surface area contributed by atoms with Crippen molar-refractivity contribution in [3.05, 3.63) is 88.5 Å². The van der Waals surface area contributed by atoms with Gasteiger partial charge in [0.1, 0.15) is 28.8 Å². The zero-order chi connectivity index (χ0) is 26.7. The molecule has 0 atom stereocenters. The number of benzene rings is 3. The normalized spacial score (nSPS) is 17.6. The summed E-state index contributed by atoms with van der Waals surface area (Å²) in [5, 5.41) is 0. The minimum atomic E-state index is -1.71. The third-order valence-electron chi connectivity index (χ3n) is 5.51. The van der Waals surface area contributed by atoms with Crippen LogP contribution in [0.5, 0.6) is 5.75 Å². The average Bonchev–Trinajstić information content (AvgIpc) is 2.85. The van der Waals surface area contributed by atoms with E-state index in [0.29, 0.717) is 31.4 Å². The molecule has 4 rings (SSSR count). The first-order chi connectivity index (χ1) is 17.7. The van der Waals surface area contributed by atoms with E-state index >= 15 is 0 Å². The zero-order valence-corrected chi connectivity index (χ0v) is 19.3. The van der Waals surface area contributed by atoms with Crippen LogP contribution in [0.2, 0.25) is 0 Å².